The Kier molecular flexibility index (Phi) is 7.99. The first-order chi connectivity index (χ1) is 9.69. The van der Waals surface area contributed by atoms with Crippen LogP contribution in [-0.4, -0.2) is 6.54 Å². The maximum atomic E-state index is 8.54. The van der Waals surface area contributed by atoms with Crippen LogP contribution in [0, 0.1) is 17.2 Å². The molecular formula is C18H28N2. The van der Waals surface area contributed by atoms with E-state index in [1.807, 2.05) is 0 Å². The molecule has 20 heavy (non-hydrogen) atoms. The van der Waals surface area contributed by atoms with Crippen LogP contribution in [0.4, 0.5) is 0 Å². The summed E-state index contributed by atoms with van der Waals surface area (Å²) < 4.78 is 0. The van der Waals surface area contributed by atoms with Crippen LogP contribution < -0.4 is 5.32 Å². The number of benzene rings is 1. The highest BCUT2D eigenvalue weighted by Crippen LogP contribution is 2.22. The number of nitrogens with one attached hydrogen (secondary N) is 1. The number of nitriles is 1. The first-order valence-corrected chi connectivity index (χ1v) is 7.88. The Morgan fingerprint density at radius 3 is 2.40 bits per heavy atom. The van der Waals surface area contributed by atoms with E-state index in [0.717, 1.165) is 25.8 Å². The van der Waals surface area contributed by atoms with Gasteiger partial charge < -0.3 is 5.32 Å². The fourth-order valence-electron chi connectivity index (χ4n) is 2.51. The largest absolute Gasteiger partial charge is 0.310 e. The van der Waals surface area contributed by atoms with Gasteiger partial charge in [0.1, 0.15) is 0 Å². The molecule has 0 saturated carbocycles. The zero-order chi connectivity index (χ0) is 14.8. The maximum absolute atomic E-state index is 8.54. The van der Waals surface area contributed by atoms with Gasteiger partial charge in [0.2, 0.25) is 0 Å². The lowest BCUT2D eigenvalue weighted by Crippen LogP contribution is -2.26. The van der Waals surface area contributed by atoms with E-state index in [1.165, 1.54) is 17.5 Å². The monoisotopic (exact) mass is 272 g/mol. The van der Waals surface area contributed by atoms with E-state index in [1.54, 1.807) is 0 Å². The van der Waals surface area contributed by atoms with Gasteiger partial charge in [-0.2, -0.15) is 5.26 Å². The van der Waals surface area contributed by atoms with Gasteiger partial charge in [-0.25, -0.2) is 0 Å². The molecule has 0 saturated heterocycles. The zero-order valence-electron chi connectivity index (χ0n) is 13.2. The second-order valence-electron chi connectivity index (χ2n) is 5.78. The summed E-state index contributed by atoms with van der Waals surface area (Å²) in [6.07, 6.45) is 5.09. The molecule has 0 fully saturated rings. The van der Waals surface area contributed by atoms with Crippen LogP contribution in [0.1, 0.15) is 63.6 Å². The van der Waals surface area contributed by atoms with Crippen LogP contribution in [0.25, 0.3) is 0 Å². The molecule has 1 rings (SSSR count). The Hall–Kier alpha value is -1.33. The fourth-order valence-corrected chi connectivity index (χ4v) is 2.51. The molecule has 0 aliphatic heterocycles. The summed E-state index contributed by atoms with van der Waals surface area (Å²) in [7, 11) is 0. The number of hydrogen-bond acceptors (Lipinski definition) is 2. The molecule has 2 nitrogen and oxygen atoms in total. The summed E-state index contributed by atoms with van der Waals surface area (Å²) in [5.74, 6) is 0.572. The summed E-state index contributed by atoms with van der Waals surface area (Å²) in [6.45, 7) is 7.72. The number of hydrogen-bond donors (Lipinski definition) is 1. The molecule has 0 bridgehead atoms. The van der Waals surface area contributed by atoms with E-state index in [4.69, 9.17) is 5.26 Å². The first kappa shape index (κ1) is 16.7. The summed E-state index contributed by atoms with van der Waals surface area (Å²) >= 11 is 0. The molecule has 0 spiro atoms. The minimum absolute atomic E-state index is 0.410. The number of rotatable bonds is 9. The molecule has 0 aromatic heterocycles. The third-order valence-corrected chi connectivity index (χ3v) is 3.62. The summed E-state index contributed by atoms with van der Waals surface area (Å²) in [4.78, 5) is 0. The van der Waals surface area contributed by atoms with Gasteiger partial charge >= 0.3 is 0 Å². The second kappa shape index (κ2) is 9.55. The minimum atomic E-state index is 0.410. The molecule has 1 aromatic carbocycles. The Bertz CT molecular complexity index is 400. The molecule has 0 aliphatic rings. The fraction of sp³-hybridized carbons (Fsp3) is 0.611. The Balaban J connectivity index is 2.54. The van der Waals surface area contributed by atoms with Crippen molar-refractivity contribution in [3.05, 3.63) is 35.4 Å². The van der Waals surface area contributed by atoms with Crippen LogP contribution in [0.5, 0.6) is 0 Å². The van der Waals surface area contributed by atoms with Crippen molar-refractivity contribution in [2.75, 3.05) is 6.54 Å². The average Bonchev–Trinajstić information content (AvgIpc) is 2.44. The highest BCUT2D eigenvalue weighted by atomic mass is 14.9. The molecule has 0 heterocycles. The maximum Gasteiger partial charge on any atom is 0.0621 e. The quantitative estimate of drug-likeness (QED) is 0.666. The summed E-state index contributed by atoms with van der Waals surface area (Å²) in [5.41, 5.74) is 2.80. The zero-order valence-corrected chi connectivity index (χ0v) is 13.2. The van der Waals surface area contributed by atoms with Gasteiger partial charge in [0, 0.05) is 12.5 Å². The van der Waals surface area contributed by atoms with Crippen molar-refractivity contribution in [2.24, 2.45) is 5.92 Å². The van der Waals surface area contributed by atoms with Gasteiger partial charge in [-0.15, -0.1) is 0 Å². The Morgan fingerprint density at radius 1 is 1.15 bits per heavy atom. The van der Waals surface area contributed by atoms with E-state index in [2.05, 4.69) is 56.4 Å². The standard InChI is InChI=1S/C18H28N2/c1-4-8-16-9-11-17(12-10-16)18(15(2)3)20-14-7-5-6-13-19/h9-12,15,18,20H,4-8,14H2,1-3H3. The van der Waals surface area contributed by atoms with Crippen LogP contribution in [0.3, 0.4) is 0 Å². The normalized spacial score (nSPS) is 12.3. The van der Waals surface area contributed by atoms with Crippen molar-refractivity contribution in [1.29, 1.82) is 5.26 Å². The lowest BCUT2D eigenvalue weighted by atomic mass is 9.94. The Morgan fingerprint density at radius 2 is 1.85 bits per heavy atom. The van der Waals surface area contributed by atoms with E-state index in [0.29, 0.717) is 18.4 Å². The minimum Gasteiger partial charge on any atom is -0.310 e. The molecule has 0 aliphatic carbocycles. The number of unbranched alkanes of at least 4 members (excludes halogenated alkanes) is 2. The van der Waals surface area contributed by atoms with Gasteiger partial charge in [0.25, 0.3) is 0 Å². The third kappa shape index (κ3) is 5.75. The highest BCUT2D eigenvalue weighted by molar-refractivity contribution is 5.25. The lowest BCUT2D eigenvalue weighted by molar-refractivity contribution is 0.407. The molecule has 0 amide bonds. The molecule has 110 valence electrons. The predicted molar refractivity (Wildman–Crippen MR) is 85.5 cm³/mol. The van der Waals surface area contributed by atoms with Crippen molar-refractivity contribution in [3.63, 3.8) is 0 Å². The Labute approximate surface area is 124 Å². The van der Waals surface area contributed by atoms with Crippen molar-refractivity contribution >= 4 is 0 Å². The topological polar surface area (TPSA) is 35.8 Å². The first-order valence-electron chi connectivity index (χ1n) is 7.88. The summed E-state index contributed by atoms with van der Waals surface area (Å²) in [5, 5.41) is 12.2. The van der Waals surface area contributed by atoms with Crippen molar-refractivity contribution in [2.45, 2.75) is 58.9 Å². The van der Waals surface area contributed by atoms with Gasteiger partial charge in [-0.05, 0) is 42.9 Å². The lowest BCUT2D eigenvalue weighted by Gasteiger charge is -2.23. The SMILES string of the molecule is CCCc1ccc(C(NCCCCC#N)C(C)C)cc1. The van der Waals surface area contributed by atoms with Crippen molar-refractivity contribution in [3.8, 4) is 6.07 Å². The van der Waals surface area contributed by atoms with Crippen LogP contribution in [-0.2, 0) is 6.42 Å². The highest BCUT2D eigenvalue weighted by Gasteiger charge is 2.14. The van der Waals surface area contributed by atoms with Gasteiger partial charge in [0.15, 0.2) is 0 Å². The molecule has 1 N–H and O–H groups in total. The van der Waals surface area contributed by atoms with Crippen molar-refractivity contribution in [1.82, 2.24) is 5.32 Å². The molecular weight excluding hydrogens is 244 g/mol. The van der Waals surface area contributed by atoms with Crippen LogP contribution in [0.2, 0.25) is 0 Å². The van der Waals surface area contributed by atoms with Crippen molar-refractivity contribution < 1.29 is 0 Å². The predicted octanol–water partition coefficient (Wildman–Crippen LogP) is 4.62. The van der Waals surface area contributed by atoms with Crippen LogP contribution >= 0.6 is 0 Å². The third-order valence-electron chi connectivity index (χ3n) is 3.62. The molecule has 2 heteroatoms. The number of nitrogens with zero attached hydrogens (tertiary/aromatic N) is 1. The van der Waals surface area contributed by atoms with Crippen LogP contribution in [0.15, 0.2) is 24.3 Å². The molecule has 1 unspecified atom stereocenters. The molecule has 0 radical (unpaired) electrons. The average molecular weight is 272 g/mol. The second-order valence-corrected chi connectivity index (χ2v) is 5.78. The molecule has 1 atom stereocenters. The van der Waals surface area contributed by atoms with Gasteiger partial charge in [-0.3, -0.25) is 0 Å². The van der Waals surface area contributed by atoms with E-state index in [9.17, 15) is 0 Å². The summed E-state index contributed by atoms with van der Waals surface area (Å²) in [6, 6.07) is 11.6. The van der Waals surface area contributed by atoms with E-state index < -0.39 is 0 Å². The smallest absolute Gasteiger partial charge is 0.0621 e. The molecule has 1 aromatic rings. The van der Waals surface area contributed by atoms with E-state index >= 15 is 0 Å². The van der Waals surface area contributed by atoms with Gasteiger partial charge in [-0.1, -0.05) is 51.5 Å². The van der Waals surface area contributed by atoms with Gasteiger partial charge in [0.05, 0.1) is 6.07 Å². The van der Waals surface area contributed by atoms with E-state index in [-0.39, 0.29) is 0 Å². The number of aryl methyl sites for hydroxylation is 1.